The summed E-state index contributed by atoms with van der Waals surface area (Å²) in [4.78, 5) is 12.3. The van der Waals surface area contributed by atoms with Crippen LogP contribution < -0.4 is 14.8 Å². The maximum absolute atomic E-state index is 12.3. The van der Waals surface area contributed by atoms with E-state index in [1.165, 1.54) is 7.11 Å². The highest BCUT2D eigenvalue weighted by molar-refractivity contribution is 7.91. The lowest BCUT2D eigenvalue weighted by molar-refractivity contribution is -0.118. The Morgan fingerprint density at radius 2 is 2.08 bits per heavy atom. The van der Waals surface area contributed by atoms with Gasteiger partial charge in [-0.3, -0.25) is 4.79 Å². The van der Waals surface area contributed by atoms with Gasteiger partial charge in [0, 0.05) is 6.07 Å². The number of nitrogens with one attached hydrogen (secondary N) is 1. The van der Waals surface area contributed by atoms with Crippen LogP contribution in [0, 0.1) is 6.92 Å². The summed E-state index contributed by atoms with van der Waals surface area (Å²) >= 11 is 0. The SMILES string of the molecule is COc1ccccc1OCC(=O)Nc1cc(C)nn1C1CCS(=O)(=O)C1. The molecule has 0 saturated carbocycles. The van der Waals surface area contributed by atoms with Crippen molar-refractivity contribution in [1.29, 1.82) is 0 Å². The van der Waals surface area contributed by atoms with E-state index >= 15 is 0 Å². The third-order valence-electron chi connectivity index (χ3n) is 4.11. The Balaban J connectivity index is 1.66. The summed E-state index contributed by atoms with van der Waals surface area (Å²) in [5.74, 6) is 1.29. The molecule has 0 aliphatic carbocycles. The second-order valence-corrected chi connectivity index (χ2v) is 8.39. The molecule has 1 aliphatic rings. The maximum atomic E-state index is 12.3. The molecule has 140 valence electrons. The molecule has 8 nitrogen and oxygen atoms in total. The van der Waals surface area contributed by atoms with Crippen molar-refractivity contribution in [2.24, 2.45) is 0 Å². The summed E-state index contributed by atoms with van der Waals surface area (Å²) in [6, 6.07) is 8.50. The van der Waals surface area contributed by atoms with Gasteiger partial charge in [0.25, 0.3) is 5.91 Å². The smallest absolute Gasteiger partial charge is 0.263 e. The van der Waals surface area contributed by atoms with Crippen LogP contribution >= 0.6 is 0 Å². The predicted molar refractivity (Wildman–Crippen MR) is 96.4 cm³/mol. The highest BCUT2D eigenvalue weighted by Crippen LogP contribution is 2.28. The predicted octanol–water partition coefficient (Wildman–Crippen LogP) is 1.58. The van der Waals surface area contributed by atoms with Gasteiger partial charge in [0.2, 0.25) is 0 Å². The summed E-state index contributed by atoms with van der Waals surface area (Å²) < 4.78 is 35.7. The van der Waals surface area contributed by atoms with E-state index < -0.39 is 9.84 Å². The molecule has 26 heavy (non-hydrogen) atoms. The van der Waals surface area contributed by atoms with Gasteiger partial charge in [-0.25, -0.2) is 13.1 Å². The van der Waals surface area contributed by atoms with Gasteiger partial charge in [-0.05, 0) is 25.5 Å². The summed E-state index contributed by atoms with van der Waals surface area (Å²) in [6.07, 6.45) is 0.490. The van der Waals surface area contributed by atoms with E-state index in [4.69, 9.17) is 9.47 Å². The maximum Gasteiger partial charge on any atom is 0.263 e. The number of methoxy groups -OCH3 is 1. The highest BCUT2D eigenvalue weighted by atomic mass is 32.2. The topological polar surface area (TPSA) is 99.5 Å². The number of para-hydroxylation sites is 2. The molecule has 1 N–H and O–H groups in total. The number of carbonyl (C=O) groups excluding carboxylic acids is 1. The monoisotopic (exact) mass is 379 g/mol. The van der Waals surface area contributed by atoms with Gasteiger partial charge in [0.05, 0.1) is 30.4 Å². The molecule has 9 heteroatoms. The van der Waals surface area contributed by atoms with Gasteiger partial charge < -0.3 is 14.8 Å². The minimum atomic E-state index is -3.05. The molecule has 1 unspecified atom stereocenters. The van der Waals surface area contributed by atoms with E-state index in [2.05, 4.69) is 10.4 Å². The van der Waals surface area contributed by atoms with E-state index in [9.17, 15) is 13.2 Å². The van der Waals surface area contributed by atoms with Gasteiger partial charge >= 0.3 is 0 Å². The molecule has 1 atom stereocenters. The molecule has 2 heterocycles. The molecular weight excluding hydrogens is 358 g/mol. The van der Waals surface area contributed by atoms with E-state index in [1.807, 2.05) is 6.07 Å². The van der Waals surface area contributed by atoms with Crippen LogP contribution in [-0.2, 0) is 14.6 Å². The Morgan fingerprint density at radius 3 is 2.73 bits per heavy atom. The Hall–Kier alpha value is -2.55. The van der Waals surface area contributed by atoms with Crippen molar-refractivity contribution in [2.75, 3.05) is 30.5 Å². The van der Waals surface area contributed by atoms with Crippen LogP contribution in [0.5, 0.6) is 11.5 Å². The Morgan fingerprint density at radius 1 is 1.35 bits per heavy atom. The van der Waals surface area contributed by atoms with Crippen LogP contribution in [0.2, 0.25) is 0 Å². The quantitative estimate of drug-likeness (QED) is 0.818. The number of rotatable bonds is 6. The zero-order chi connectivity index (χ0) is 18.7. The van der Waals surface area contributed by atoms with Gasteiger partial charge in [-0.15, -0.1) is 0 Å². The van der Waals surface area contributed by atoms with Crippen molar-refractivity contribution in [3.05, 3.63) is 36.0 Å². The molecule has 2 aromatic rings. The van der Waals surface area contributed by atoms with E-state index in [-0.39, 0.29) is 30.1 Å². The summed E-state index contributed by atoms with van der Waals surface area (Å²) in [5, 5.41) is 7.08. The van der Waals surface area contributed by atoms with Crippen molar-refractivity contribution in [1.82, 2.24) is 9.78 Å². The zero-order valence-electron chi connectivity index (χ0n) is 14.6. The van der Waals surface area contributed by atoms with Crippen molar-refractivity contribution < 1.29 is 22.7 Å². The number of hydrogen-bond donors (Lipinski definition) is 1. The third-order valence-corrected chi connectivity index (χ3v) is 5.86. The van der Waals surface area contributed by atoms with Crippen LogP contribution in [0.15, 0.2) is 30.3 Å². The molecular formula is C17H21N3O5S. The first-order valence-corrected chi connectivity index (χ1v) is 10.0. The second kappa shape index (κ2) is 7.36. The molecule has 1 aromatic carbocycles. The minimum Gasteiger partial charge on any atom is -0.493 e. The van der Waals surface area contributed by atoms with Crippen molar-refractivity contribution in [3.8, 4) is 11.5 Å². The number of carbonyl (C=O) groups is 1. The number of aryl methyl sites for hydroxylation is 1. The van der Waals surface area contributed by atoms with Crippen molar-refractivity contribution >= 4 is 21.6 Å². The van der Waals surface area contributed by atoms with Gasteiger partial charge in [-0.1, -0.05) is 12.1 Å². The van der Waals surface area contributed by atoms with Crippen LogP contribution in [0.3, 0.4) is 0 Å². The normalized spacial score (nSPS) is 18.5. The van der Waals surface area contributed by atoms with Crippen LogP contribution in [0.4, 0.5) is 5.82 Å². The van der Waals surface area contributed by atoms with Crippen molar-refractivity contribution in [2.45, 2.75) is 19.4 Å². The molecule has 1 aliphatic heterocycles. The summed E-state index contributed by atoms with van der Waals surface area (Å²) in [7, 11) is -1.52. The lowest BCUT2D eigenvalue weighted by Gasteiger charge is -2.14. The number of aromatic nitrogens is 2. The average Bonchev–Trinajstić information content (AvgIpc) is 3.14. The standard InChI is InChI=1S/C17H21N3O5S/c1-12-9-16(20(19-12)13-7-8-26(22,23)11-13)18-17(21)10-25-15-6-4-3-5-14(15)24-2/h3-6,9,13H,7-8,10-11H2,1-2H3,(H,18,21). The number of nitrogens with zero attached hydrogens (tertiary/aromatic N) is 2. The highest BCUT2D eigenvalue weighted by Gasteiger charge is 2.31. The largest absolute Gasteiger partial charge is 0.493 e. The van der Waals surface area contributed by atoms with E-state index in [0.717, 1.165) is 0 Å². The van der Waals surface area contributed by atoms with Crippen LogP contribution in [0.25, 0.3) is 0 Å². The third kappa shape index (κ3) is 4.16. The molecule has 3 rings (SSSR count). The van der Waals surface area contributed by atoms with Crippen molar-refractivity contribution in [3.63, 3.8) is 0 Å². The minimum absolute atomic E-state index is 0.0364. The lowest BCUT2D eigenvalue weighted by atomic mass is 10.3. The first kappa shape index (κ1) is 18.2. The number of hydrogen-bond acceptors (Lipinski definition) is 6. The van der Waals surface area contributed by atoms with Gasteiger partial charge in [0.1, 0.15) is 5.82 Å². The first-order valence-electron chi connectivity index (χ1n) is 8.20. The average molecular weight is 379 g/mol. The number of sulfone groups is 1. The molecule has 1 saturated heterocycles. The molecule has 1 amide bonds. The second-order valence-electron chi connectivity index (χ2n) is 6.16. The Labute approximate surface area is 152 Å². The van der Waals surface area contributed by atoms with Gasteiger partial charge in [-0.2, -0.15) is 5.10 Å². The van der Waals surface area contributed by atoms with Gasteiger partial charge in [0.15, 0.2) is 27.9 Å². The van der Waals surface area contributed by atoms with E-state index in [0.29, 0.717) is 29.4 Å². The number of ether oxygens (including phenoxy) is 2. The van der Waals surface area contributed by atoms with Crippen LogP contribution in [-0.4, -0.2) is 49.3 Å². The molecule has 0 spiro atoms. The fraction of sp³-hybridized carbons (Fsp3) is 0.412. The number of benzene rings is 1. The molecule has 0 radical (unpaired) electrons. The number of anilines is 1. The fourth-order valence-electron chi connectivity index (χ4n) is 2.92. The zero-order valence-corrected chi connectivity index (χ0v) is 15.5. The summed E-state index contributed by atoms with van der Waals surface area (Å²) in [6.45, 7) is 1.59. The molecule has 1 aromatic heterocycles. The lowest BCUT2D eigenvalue weighted by Crippen LogP contribution is -2.24. The Kier molecular flexibility index (Phi) is 5.17. The van der Waals surface area contributed by atoms with Crippen LogP contribution in [0.1, 0.15) is 18.2 Å². The fourth-order valence-corrected chi connectivity index (χ4v) is 4.61. The molecule has 1 fully saturated rings. The number of amides is 1. The molecule has 0 bridgehead atoms. The summed E-state index contributed by atoms with van der Waals surface area (Å²) in [5.41, 5.74) is 0.704. The first-order chi connectivity index (χ1) is 12.4. The Bertz CT molecular complexity index is 907. The van der Waals surface area contributed by atoms with E-state index in [1.54, 1.807) is 35.9 Å².